The maximum atomic E-state index is 13.1. The molecule has 0 amide bonds. The van der Waals surface area contributed by atoms with E-state index in [1.807, 2.05) is 6.92 Å². The van der Waals surface area contributed by atoms with Crippen LogP contribution in [0.3, 0.4) is 0 Å². The lowest BCUT2D eigenvalue weighted by Gasteiger charge is -2.00. The molecule has 0 radical (unpaired) electrons. The first-order valence-electron chi connectivity index (χ1n) is 4.86. The molecule has 0 aliphatic heterocycles. The molecule has 1 aromatic carbocycles. The molecule has 0 bridgehead atoms. The van der Waals surface area contributed by atoms with Gasteiger partial charge in [-0.2, -0.15) is 0 Å². The van der Waals surface area contributed by atoms with Crippen molar-refractivity contribution in [2.75, 3.05) is 0 Å². The van der Waals surface area contributed by atoms with Crippen LogP contribution < -0.4 is 5.73 Å². The van der Waals surface area contributed by atoms with E-state index in [0.29, 0.717) is 0 Å². The molecule has 0 aliphatic carbocycles. The van der Waals surface area contributed by atoms with Gasteiger partial charge in [0.25, 0.3) is 0 Å². The Hall–Kier alpha value is -1.40. The van der Waals surface area contributed by atoms with E-state index >= 15 is 0 Å². The van der Waals surface area contributed by atoms with Crippen LogP contribution in [0, 0.1) is 23.5 Å². The lowest BCUT2D eigenvalue weighted by molar-refractivity contribution is 0.577. The summed E-state index contributed by atoms with van der Waals surface area (Å²) in [5.74, 6) is 3.78. The maximum absolute atomic E-state index is 13.1. The normalized spacial score (nSPS) is 11.7. The molecule has 1 nitrogen and oxygen atoms in total. The summed E-state index contributed by atoms with van der Waals surface area (Å²) in [7, 11) is 0. The van der Waals surface area contributed by atoms with E-state index in [1.165, 1.54) is 18.2 Å². The van der Waals surface area contributed by atoms with Crippen molar-refractivity contribution in [3.8, 4) is 11.8 Å². The van der Waals surface area contributed by atoms with Crippen molar-refractivity contribution < 1.29 is 8.78 Å². The highest BCUT2D eigenvalue weighted by atomic mass is 19.1. The molecule has 3 heteroatoms. The van der Waals surface area contributed by atoms with Crippen LogP contribution in [0.25, 0.3) is 0 Å². The predicted octanol–water partition coefficient (Wildman–Crippen LogP) is 2.44. The predicted molar refractivity (Wildman–Crippen MR) is 56.1 cm³/mol. The summed E-state index contributed by atoms with van der Waals surface area (Å²) < 4.78 is 26.2. The molecule has 0 aliphatic rings. The van der Waals surface area contributed by atoms with E-state index < -0.39 is 11.6 Å². The topological polar surface area (TPSA) is 26.0 Å². The number of benzene rings is 1. The standard InChI is InChI=1S/C12H13F2N/c1-2-4-9(15)7-8-10-11(13)5-3-6-12(10)14/h3,5-6,9H,2,4,15H2,1H3. The minimum absolute atomic E-state index is 0.205. The van der Waals surface area contributed by atoms with E-state index in [0.717, 1.165) is 12.8 Å². The molecular weight excluding hydrogens is 196 g/mol. The third-order valence-electron chi connectivity index (χ3n) is 1.95. The van der Waals surface area contributed by atoms with Crippen LogP contribution >= 0.6 is 0 Å². The van der Waals surface area contributed by atoms with Crippen LogP contribution in [0.1, 0.15) is 25.3 Å². The van der Waals surface area contributed by atoms with E-state index in [9.17, 15) is 8.78 Å². The molecule has 1 aromatic rings. The Labute approximate surface area is 88.3 Å². The Morgan fingerprint density at radius 3 is 2.47 bits per heavy atom. The summed E-state index contributed by atoms with van der Waals surface area (Å²) >= 11 is 0. The highest BCUT2D eigenvalue weighted by Gasteiger charge is 2.04. The zero-order valence-electron chi connectivity index (χ0n) is 8.56. The number of hydrogen-bond donors (Lipinski definition) is 1. The van der Waals surface area contributed by atoms with Crippen molar-refractivity contribution in [2.24, 2.45) is 5.73 Å². The molecule has 15 heavy (non-hydrogen) atoms. The largest absolute Gasteiger partial charge is 0.318 e. The van der Waals surface area contributed by atoms with Crippen LogP contribution in [0.5, 0.6) is 0 Å². The summed E-state index contributed by atoms with van der Waals surface area (Å²) in [6.07, 6.45) is 1.62. The van der Waals surface area contributed by atoms with Gasteiger partial charge in [-0.3, -0.25) is 0 Å². The lowest BCUT2D eigenvalue weighted by atomic mass is 10.1. The van der Waals surface area contributed by atoms with Crippen molar-refractivity contribution in [1.29, 1.82) is 0 Å². The Bertz CT molecular complexity index is 370. The first kappa shape index (κ1) is 11.7. The third kappa shape index (κ3) is 3.34. The smallest absolute Gasteiger partial charge is 0.141 e. The van der Waals surface area contributed by atoms with Gasteiger partial charge >= 0.3 is 0 Å². The van der Waals surface area contributed by atoms with Crippen LogP contribution in [0.4, 0.5) is 8.78 Å². The molecule has 0 aromatic heterocycles. The minimum Gasteiger partial charge on any atom is -0.318 e. The second kappa shape index (κ2) is 5.47. The highest BCUT2D eigenvalue weighted by Crippen LogP contribution is 2.10. The molecular formula is C12H13F2N. The van der Waals surface area contributed by atoms with Crippen LogP contribution in [0.15, 0.2) is 18.2 Å². The molecule has 80 valence electrons. The van der Waals surface area contributed by atoms with Crippen molar-refractivity contribution in [1.82, 2.24) is 0 Å². The molecule has 0 fully saturated rings. The minimum atomic E-state index is -0.647. The van der Waals surface area contributed by atoms with E-state index in [1.54, 1.807) is 0 Å². The monoisotopic (exact) mass is 209 g/mol. The first-order valence-corrected chi connectivity index (χ1v) is 4.86. The van der Waals surface area contributed by atoms with Gasteiger partial charge in [-0.15, -0.1) is 0 Å². The number of nitrogens with two attached hydrogens (primary N) is 1. The van der Waals surface area contributed by atoms with Crippen molar-refractivity contribution in [3.05, 3.63) is 35.4 Å². The van der Waals surface area contributed by atoms with Gasteiger partial charge < -0.3 is 5.73 Å². The van der Waals surface area contributed by atoms with Crippen molar-refractivity contribution in [2.45, 2.75) is 25.8 Å². The van der Waals surface area contributed by atoms with Gasteiger partial charge in [-0.1, -0.05) is 31.3 Å². The van der Waals surface area contributed by atoms with Gasteiger partial charge in [-0.05, 0) is 18.6 Å². The SMILES string of the molecule is CCCC(N)C#Cc1c(F)cccc1F. The second-order valence-electron chi connectivity index (χ2n) is 3.26. The van der Waals surface area contributed by atoms with Gasteiger partial charge in [0.2, 0.25) is 0 Å². The highest BCUT2D eigenvalue weighted by molar-refractivity contribution is 5.37. The van der Waals surface area contributed by atoms with E-state index in [-0.39, 0.29) is 11.6 Å². The molecule has 0 heterocycles. The number of hydrogen-bond acceptors (Lipinski definition) is 1. The van der Waals surface area contributed by atoms with Crippen molar-refractivity contribution >= 4 is 0 Å². The van der Waals surface area contributed by atoms with Gasteiger partial charge in [0.15, 0.2) is 0 Å². The number of halogens is 2. The summed E-state index contributed by atoms with van der Waals surface area (Å²) in [4.78, 5) is 0. The zero-order chi connectivity index (χ0) is 11.3. The fourth-order valence-electron chi connectivity index (χ4n) is 1.17. The third-order valence-corrected chi connectivity index (χ3v) is 1.95. The first-order chi connectivity index (χ1) is 7.15. The Morgan fingerprint density at radius 1 is 1.33 bits per heavy atom. The molecule has 2 N–H and O–H groups in total. The quantitative estimate of drug-likeness (QED) is 0.744. The van der Waals surface area contributed by atoms with Crippen LogP contribution in [-0.4, -0.2) is 6.04 Å². The Kier molecular flexibility index (Phi) is 4.26. The van der Waals surface area contributed by atoms with E-state index in [4.69, 9.17) is 5.73 Å². The van der Waals surface area contributed by atoms with Gasteiger partial charge in [0, 0.05) is 0 Å². The molecule has 1 atom stereocenters. The van der Waals surface area contributed by atoms with Gasteiger partial charge in [0.1, 0.15) is 11.6 Å². The Balaban J connectivity index is 2.88. The molecule has 1 rings (SSSR count). The fraction of sp³-hybridized carbons (Fsp3) is 0.333. The molecule has 0 spiro atoms. The van der Waals surface area contributed by atoms with Crippen molar-refractivity contribution in [3.63, 3.8) is 0 Å². The van der Waals surface area contributed by atoms with Crippen LogP contribution in [0.2, 0.25) is 0 Å². The Morgan fingerprint density at radius 2 is 1.93 bits per heavy atom. The summed E-state index contributed by atoms with van der Waals surface area (Å²) in [5, 5.41) is 0. The average molecular weight is 209 g/mol. The maximum Gasteiger partial charge on any atom is 0.141 e. The molecule has 0 saturated carbocycles. The number of rotatable bonds is 2. The zero-order valence-corrected chi connectivity index (χ0v) is 8.56. The molecule has 0 saturated heterocycles. The van der Waals surface area contributed by atoms with Gasteiger partial charge in [-0.25, -0.2) is 8.78 Å². The summed E-state index contributed by atoms with van der Waals surface area (Å²) in [6, 6.07) is 3.34. The van der Waals surface area contributed by atoms with E-state index in [2.05, 4.69) is 11.8 Å². The second-order valence-corrected chi connectivity index (χ2v) is 3.26. The molecule has 1 unspecified atom stereocenters. The van der Waals surface area contributed by atoms with Gasteiger partial charge in [0.05, 0.1) is 11.6 Å². The summed E-state index contributed by atoms with van der Waals surface area (Å²) in [6.45, 7) is 1.98. The average Bonchev–Trinajstić information content (AvgIpc) is 2.17. The lowest BCUT2D eigenvalue weighted by Crippen LogP contribution is -2.16. The van der Waals surface area contributed by atoms with Crippen LogP contribution in [-0.2, 0) is 0 Å². The summed E-state index contributed by atoms with van der Waals surface area (Å²) in [5.41, 5.74) is 5.41. The fourth-order valence-corrected chi connectivity index (χ4v) is 1.17.